The van der Waals surface area contributed by atoms with E-state index in [4.69, 9.17) is 5.11 Å². The Labute approximate surface area is 152 Å². The summed E-state index contributed by atoms with van der Waals surface area (Å²) in [7, 11) is 1.85. The predicted molar refractivity (Wildman–Crippen MR) is 96.7 cm³/mol. The van der Waals surface area contributed by atoms with Crippen LogP contribution in [-0.2, 0) is 11.8 Å². The number of amides is 1. The van der Waals surface area contributed by atoms with E-state index in [1.54, 1.807) is 33.9 Å². The molecular formula is C17H15N5O3S. The normalized spacial score (nSPS) is 16.7. The van der Waals surface area contributed by atoms with Gasteiger partial charge in [-0.3, -0.25) is 9.48 Å². The Morgan fingerprint density at radius 1 is 1.27 bits per heavy atom. The minimum Gasteiger partial charge on any atom is -0.478 e. The number of aromatic carboxylic acids is 1. The lowest BCUT2D eigenvalue weighted by Crippen LogP contribution is -2.15. The number of carbonyl (C=O) groups is 2. The molecule has 1 aromatic carbocycles. The van der Waals surface area contributed by atoms with E-state index in [0.717, 1.165) is 11.1 Å². The van der Waals surface area contributed by atoms with Gasteiger partial charge in [0.2, 0.25) is 5.91 Å². The number of benzene rings is 1. The van der Waals surface area contributed by atoms with Crippen LogP contribution in [0.25, 0.3) is 5.69 Å². The van der Waals surface area contributed by atoms with Crippen molar-refractivity contribution in [3.05, 3.63) is 59.5 Å². The summed E-state index contributed by atoms with van der Waals surface area (Å²) in [6.45, 7) is 0. The third kappa shape index (κ3) is 2.86. The number of carbonyl (C=O) groups excluding carboxylic acids is 1. The number of aromatic nitrogens is 4. The fourth-order valence-electron chi connectivity index (χ4n) is 2.89. The topological polar surface area (TPSA) is 102 Å². The summed E-state index contributed by atoms with van der Waals surface area (Å²) < 4.78 is 3.35. The summed E-state index contributed by atoms with van der Waals surface area (Å²) in [6.07, 6.45) is 5.45. The van der Waals surface area contributed by atoms with E-state index in [1.807, 2.05) is 13.2 Å². The molecule has 9 heteroatoms. The van der Waals surface area contributed by atoms with Crippen LogP contribution in [0.15, 0.2) is 42.9 Å². The summed E-state index contributed by atoms with van der Waals surface area (Å²) in [5, 5.41) is 20.5. The minimum absolute atomic E-state index is 0.0651. The quantitative estimate of drug-likeness (QED) is 0.733. The molecule has 3 aromatic rings. The molecule has 0 radical (unpaired) electrons. The lowest BCUT2D eigenvalue weighted by molar-refractivity contribution is -0.113. The minimum atomic E-state index is -0.989. The Morgan fingerprint density at radius 2 is 2.04 bits per heavy atom. The molecule has 3 heterocycles. The molecule has 0 aliphatic carbocycles. The smallest absolute Gasteiger partial charge is 0.335 e. The van der Waals surface area contributed by atoms with Crippen molar-refractivity contribution in [1.82, 2.24) is 19.6 Å². The molecule has 2 N–H and O–H groups in total. The number of aryl methyl sites for hydroxylation is 1. The van der Waals surface area contributed by atoms with Crippen molar-refractivity contribution in [3.8, 4) is 5.69 Å². The summed E-state index contributed by atoms with van der Waals surface area (Å²) in [5.41, 5.74) is 2.75. The van der Waals surface area contributed by atoms with E-state index in [1.165, 1.54) is 23.9 Å². The Morgan fingerprint density at radius 3 is 2.69 bits per heavy atom. The highest BCUT2D eigenvalue weighted by atomic mass is 32.2. The van der Waals surface area contributed by atoms with Crippen molar-refractivity contribution >= 4 is 29.5 Å². The second kappa shape index (κ2) is 6.34. The van der Waals surface area contributed by atoms with Crippen LogP contribution >= 0.6 is 11.8 Å². The van der Waals surface area contributed by atoms with Gasteiger partial charge in [0.25, 0.3) is 0 Å². The number of fused-ring (bicyclic) bond motifs is 1. The summed E-state index contributed by atoms with van der Waals surface area (Å²) in [5.74, 6) is -0.174. The first-order chi connectivity index (χ1) is 12.5. The molecule has 1 aliphatic rings. The van der Waals surface area contributed by atoms with Crippen molar-refractivity contribution in [2.75, 3.05) is 11.1 Å². The van der Waals surface area contributed by atoms with Gasteiger partial charge >= 0.3 is 5.97 Å². The van der Waals surface area contributed by atoms with E-state index in [9.17, 15) is 9.59 Å². The van der Waals surface area contributed by atoms with Gasteiger partial charge in [0, 0.05) is 24.4 Å². The summed E-state index contributed by atoms with van der Waals surface area (Å²) in [4.78, 5) is 23.2. The monoisotopic (exact) mass is 369 g/mol. The average molecular weight is 369 g/mol. The lowest BCUT2D eigenvalue weighted by atomic mass is 10.1. The van der Waals surface area contributed by atoms with E-state index in [2.05, 4.69) is 15.5 Å². The molecule has 1 amide bonds. The second-order valence-electron chi connectivity index (χ2n) is 5.90. The summed E-state index contributed by atoms with van der Waals surface area (Å²) >= 11 is 1.52. The van der Waals surface area contributed by atoms with Gasteiger partial charge in [-0.1, -0.05) is 0 Å². The van der Waals surface area contributed by atoms with E-state index >= 15 is 0 Å². The van der Waals surface area contributed by atoms with Gasteiger partial charge in [0.15, 0.2) is 0 Å². The standard InChI is InChI=1S/C17H15N5O3S/c1-21-8-11(6-18-21)15-13-7-19-22(16(13)20-14(23)9-26-15)12-4-2-10(3-5-12)17(24)25/h2-8,15H,9H2,1H3,(H,20,23)(H,24,25). The lowest BCUT2D eigenvalue weighted by Gasteiger charge is -2.12. The van der Waals surface area contributed by atoms with Gasteiger partial charge < -0.3 is 10.4 Å². The second-order valence-corrected chi connectivity index (χ2v) is 6.99. The van der Waals surface area contributed by atoms with Crippen LogP contribution < -0.4 is 5.32 Å². The zero-order valence-corrected chi connectivity index (χ0v) is 14.6. The number of hydrogen-bond donors (Lipinski definition) is 2. The number of rotatable bonds is 3. The molecule has 0 fully saturated rings. The van der Waals surface area contributed by atoms with Crippen LogP contribution in [0.1, 0.15) is 26.7 Å². The number of carboxylic acid groups (broad SMARTS) is 1. The molecule has 132 valence electrons. The van der Waals surface area contributed by atoms with Gasteiger partial charge in [0.05, 0.1) is 34.6 Å². The third-order valence-electron chi connectivity index (χ3n) is 4.11. The van der Waals surface area contributed by atoms with Crippen molar-refractivity contribution in [2.24, 2.45) is 7.05 Å². The molecule has 0 saturated heterocycles. The maximum absolute atomic E-state index is 12.2. The number of carboxylic acids is 1. The van der Waals surface area contributed by atoms with Gasteiger partial charge in [-0.25, -0.2) is 9.48 Å². The molecule has 4 rings (SSSR count). The molecule has 2 aromatic heterocycles. The molecule has 8 nitrogen and oxygen atoms in total. The predicted octanol–water partition coefficient (Wildman–Crippen LogP) is 2.08. The first-order valence-electron chi connectivity index (χ1n) is 7.84. The zero-order chi connectivity index (χ0) is 18.3. The Bertz CT molecular complexity index is 992. The first-order valence-corrected chi connectivity index (χ1v) is 8.89. The SMILES string of the molecule is Cn1cc(C2SCC(=O)Nc3c2cnn3-c2ccc(C(=O)O)cc2)cn1. The maximum Gasteiger partial charge on any atom is 0.335 e. The maximum atomic E-state index is 12.2. The van der Waals surface area contributed by atoms with Crippen LogP contribution in [0.5, 0.6) is 0 Å². The van der Waals surface area contributed by atoms with Crippen LogP contribution in [0, 0.1) is 0 Å². The van der Waals surface area contributed by atoms with E-state index in [-0.39, 0.29) is 16.7 Å². The first kappa shape index (κ1) is 16.4. The Kier molecular flexibility index (Phi) is 4.00. The van der Waals surface area contributed by atoms with Crippen LogP contribution in [0.3, 0.4) is 0 Å². The van der Waals surface area contributed by atoms with Crippen molar-refractivity contribution in [1.29, 1.82) is 0 Å². The molecule has 0 spiro atoms. The van der Waals surface area contributed by atoms with Crippen LogP contribution in [0.4, 0.5) is 5.82 Å². The van der Waals surface area contributed by atoms with Gasteiger partial charge in [-0.15, -0.1) is 11.8 Å². The van der Waals surface area contributed by atoms with E-state index in [0.29, 0.717) is 17.3 Å². The molecule has 1 unspecified atom stereocenters. The molecule has 0 bridgehead atoms. The number of thioether (sulfide) groups is 1. The third-order valence-corrected chi connectivity index (χ3v) is 5.39. The number of nitrogens with zero attached hydrogens (tertiary/aromatic N) is 4. The highest BCUT2D eigenvalue weighted by Crippen LogP contribution is 2.41. The Balaban J connectivity index is 1.78. The number of anilines is 1. The van der Waals surface area contributed by atoms with Crippen molar-refractivity contribution < 1.29 is 14.7 Å². The van der Waals surface area contributed by atoms with Crippen LogP contribution in [0.2, 0.25) is 0 Å². The molecule has 0 saturated carbocycles. The molecule has 1 aliphatic heterocycles. The largest absolute Gasteiger partial charge is 0.478 e. The summed E-state index contributed by atoms with van der Waals surface area (Å²) in [6, 6.07) is 6.36. The zero-order valence-electron chi connectivity index (χ0n) is 13.8. The molecule has 1 atom stereocenters. The number of hydrogen-bond acceptors (Lipinski definition) is 5. The van der Waals surface area contributed by atoms with Crippen molar-refractivity contribution in [3.63, 3.8) is 0 Å². The fourth-order valence-corrected chi connectivity index (χ4v) is 3.94. The Hall–Kier alpha value is -3.07. The van der Waals surface area contributed by atoms with Crippen molar-refractivity contribution in [2.45, 2.75) is 5.25 Å². The molecular weight excluding hydrogens is 354 g/mol. The van der Waals surface area contributed by atoms with Gasteiger partial charge in [-0.2, -0.15) is 10.2 Å². The number of nitrogens with one attached hydrogen (secondary N) is 1. The van der Waals surface area contributed by atoms with E-state index < -0.39 is 5.97 Å². The van der Waals surface area contributed by atoms with Crippen LogP contribution in [-0.4, -0.2) is 42.3 Å². The molecule has 26 heavy (non-hydrogen) atoms. The van der Waals surface area contributed by atoms with Gasteiger partial charge in [-0.05, 0) is 24.3 Å². The fraction of sp³-hybridized carbons (Fsp3) is 0.176. The highest BCUT2D eigenvalue weighted by molar-refractivity contribution is 8.00. The average Bonchev–Trinajstić information content (AvgIpc) is 3.19. The van der Waals surface area contributed by atoms with Gasteiger partial charge in [0.1, 0.15) is 5.82 Å². The highest BCUT2D eigenvalue weighted by Gasteiger charge is 2.28.